The summed E-state index contributed by atoms with van der Waals surface area (Å²) in [6.07, 6.45) is 6.99. The van der Waals surface area contributed by atoms with Gasteiger partial charge >= 0.3 is 0 Å². The van der Waals surface area contributed by atoms with Gasteiger partial charge in [0.25, 0.3) is 0 Å². The molecule has 0 amide bonds. The second-order valence-electron chi connectivity index (χ2n) is 5.48. The number of hydrogen-bond donors (Lipinski definition) is 0. The van der Waals surface area contributed by atoms with E-state index in [0.29, 0.717) is 42.6 Å². The van der Waals surface area contributed by atoms with Crippen LogP contribution < -0.4 is 9.47 Å². The summed E-state index contributed by atoms with van der Waals surface area (Å²) in [4.78, 5) is 14.5. The summed E-state index contributed by atoms with van der Waals surface area (Å²) in [5.41, 5.74) is 0.687. The molecule has 1 aromatic rings. The van der Waals surface area contributed by atoms with Crippen molar-refractivity contribution in [1.82, 2.24) is 4.90 Å². The first-order valence-electron chi connectivity index (χ1n) is 7.37. The fourth-order valence-corrected chi connectivity index (χ4v) is 2.79. The van der Waals surface area contributed by atoms with Gasteiger partial charge in [-0.15, -0.1) is 12.3 Å². The van der Waals surface area contributed by atoms with E-state index in [2.05, 4.69) is 10.8 Å². The van der Waals surface area contributed by atoms with Crippen molar-refractivity contribution in [3.05, 3.63) is 23.8 Å². The number of carbonyl (C=O) groups is 1. The summed E-state index contributed by atoms with van der Waals surface area (Å²) in [5, 5.41) is 0. The molecule has 0 N–H and O–H groups in total. The van der Waals surface area contributed by atoms with Crippen LogP contribution in [0.3, 0.4) is 0 Å². The third-order valence-corrected chi connectivity index (χ3v) is 4.03. The number of likely N-dealkylation sites (tertiary alicyclic amines) is 1. The summed E-state index contributed by atoms with van der Waals surface area (Å²) >= 11 is 0. The molecule has 2 aliphatic rings. The Kier molecular flexibility index (Phi) is 4.12. The van der Waals surface area contributed by atoms with Crippen molar-refractivity contribution in [1.29, 1.82) is 0 Å². The predicted octanol–water partition coefficient (Wildman–Crippen LogP) is 1.99. The number of fused-ring (bicyclic) bond motifs is 1. The van der Waals surface area contributed by atoms with Crippen molar-refractivity contribution < 1.29 is 14.3 Å². The monoisotopic (exact) mass is 285 g/mol. The molecule has 0 aliphatic carbocycles. The van der Waals surface area contributed by atoms with E-state index in [0.717, 1.165) is 26.1 Å². The molecule has 4 heteroatoms. The molecule has 1 fully saturated rings. The Morgan fingerprint density at radius 1 is 1.33 bits per heavy atom. The van der Waals surface area contributed by atoms with Crippen LogP contribution in [0.1, 0.15) is 23.2 Å². The molecule has 1 saturated heterocycles. The minimum absolute atomic E-state index is 0.135. The number of hydrogen-bond acceptors (Lipinski definition) is 4. The fourth-order valence-electron chi connectivity index (χ4n) is 2.79. The van der Waals surface area contributed by atoms with Crippen LogP contribution in [0.4, 0.5) is 0 Å². The van der Waals surface area contributed by atoms with Gasteiger partial charge < -0.3 is 14.4 Å². The number of ether oxygens (including phenoxy) is 2. The lowest BCUT2D eigenvalue weighted by molar-refractivity contribution is 0.0967. The van der Waals surface area contributed by atoms with Gasteiger partial charge in [-0.05, 0) is 31.2 Å². The highest BCUT2D eigenvalue weighted by Crippen LogP contribution is 2.31. The normalized spacial score (nSPS) is 21.0. The van der Waals surface area contributed by atoms with E-state index >= 15 is 0 Å². The molecule has 3 rings (SSSR count). The van der Waals surface area contributed by atoms with E-state index in [1.165, 1.54) is 0 Å². The molecule has 2 heterocycles. The highest BCUT2D eigenvalue weighted by molar-refractivity contribution is 5.96. The van der Waals surface area contributed by atoms with Crippen LogP contribution in [0, 0.1) is 18.3 Å². The van der Waals surface area contributed by atoms with Crippen molar-refractivity contribution >= 4 is 5.78 Å². The number of ketones is 1. The molecule has 0 saturated carbocycles. The second-order valence-corrected chi connectivity index (χ2v) is 5.48. The molecule has 110 valence electrons. The third kappa shape index (κ3) is 3.20. The van der Waals surface area contributed by atoms with Crippen molar-refractivity contribution in [2.75, 3.05) is 32.8 Å². The number of Topliss-reactive ketones (excluding diaryl/α,β-unsaturated/α-hetero) is 1. The van der Waals surface area contributed by atoms with Gasteiger partial charge in [0.1, 0.15) is 13.2 Å². The van der Waals surface area contributed by atoms with Crippen LogP contribution in [0.25, 0.3) is 0 Å². The standard InChI is InChI=1S/C17H19NO3/c1-2-13-5-7-18(12-13)8-6-15(19)14-3-4-16-17(11-14)21-10-9-20-16/h1,3-4,11,13H,5-10,12H2. The number of benzene rings is 1. The van der Waals surface area contributed by atoms with Gasteiger partial charge in [-0.1, -0.05) is 0 Å². The highest BCUT2D eigenvalue weighted by Gasteiger charge is 2.21. The van der Waals surface area contributed by atoms with Crippen molar-refractivity contribution in [3.63, 3.8) is 0 Å². The molecule has 2 aliphatic heterocycles. The zero-order valence-electron chi connectivity index (χ0n) is 12.0. The number of terminal acetylenes is 1. The summed E-state index contributed by atoms with van der Waals surface area (Å²) in [6.45, 7) is 3.76. The van der Waals surface area contributed by atoms with E-state index in [1.807, 2.05) is 12.1 Å². The topological polar surface area (TPSA) is 38.8 Å². The molecule has 1 aromatic carbocycles. The Hall–Kier alpha value is -1.99. The SMILES string of the molecule is C#CC1CCN(CCC(=O)c2ccc3c(c2)OCCO3)C1. The average molecular weight is 285 g/mol. The number of nitrogens with zero attached hydrogens (tertiary/aromatic N) is 1. The largest absolute Gasteiger partial charge is 0.486 e. The summed E-state index contributed by atoms with van der Waals surface area (Å²) in [5.74, 6) is 4.65. The zero-order chi connectivity index (χ0) is 14.7. The molecule has 4 nitrogen and oxygen atoms in total. The van der Waals surface area contributed by atoms with E-state index in [9.17, 15) is 4.79 Å². The quantitative estimate of drug-likeness (QED) is 0.626. The van der Waals surface area contributed by atoms with Crippen LogP contribution in [0.2, 0.25) is 0 Å². The molecule has 0 bridgehead atoms. The first-order chi connectivity index (χ1) is 10.3. The maximum Gasteiger partial charge on any atom is 0.164 e. The average Bonchev–Trinajstić information content (AvgIpc) is 3.00. The van der Waals surface area contributed by atoms with Gasteiger partial charge in [0.2, 0.25) is 0 Å². The van der Waals surface area contributed by atoms with Gasteiger partial charge in [-0.3, -0.25) is 4.79 Å². The minimum Gasteiger partial charge on any atom is -0.486 e. The van der Waals surface area contributed by atoms with E-state index in [-0.39, 0.29) is 5.78 Å². The summed E-state index contributed by atoms with van der Waals surface area (Å²) in [6, 6.07) is 5.40. The number of carbonyl (C=O) groups excluding carboxylic acids is 1. The van der Waals surface area contributed by atoms with Crippen LogP contribution in [-0.4, -0.2) is 43.5 Å². The highest BCUT2D eigenvalue weighted by atomic mass is 16.6. The Bertz CT molecular complexity index is 576. The smallest absolute Gasteiger partial charge is 0.164 e. The Balaban J connectivity index is 1.57. The Morgan fingerprint density at radius 3 is 2.90 bits per heavy atom. The fraction of sp³-hybridized carbons (Fsp3) is 0.471. The summed E-state index contributed by atoms with van der Waals surface area (Å²) < 4.78 is 11.0. The first-order valence-corrected chi connectivity index (χ1v) is 7.37. The molecule has 0 aromatic heterocycles. The van der Waals surface area contributed by atoms with E-state index in [1.54, 1.807) is 6.07 Å². The minimum atomic E-state index is 0.135. The molecule has 1 atom stereocenters. The lowest BCUT2D eigenvalue weighted by atomic mass is 10.1. The van der Waals surface area contributed by atoms with Crippen molar-refractivity contribution in [2.24, 2.45) is 5.92 Å². The van der Waals surface area contributed by atoms with Gasteiger partial charge in [0, 0.05) is 31.0 Å². The Labute approximate surface area is 125 Å². The van der Waals surface area contributed by atoms with Gasteiger partial charge in [-0.25, -0.2) is 0 Å². The van der Waals surface area contributed by atoms with E-state index < -0.39 is 0 Å². The molecular weight excluding hydrogens is 266 g/mol. The van der Waals surface area contributed by atoms with Crippen molar-refractivity contribution in [3.8, 4) is 23.8 Å². The van der Waals surface area contributed by atoms with Crippen LogP contribution in [0.5, 0.6) is 11.5 Å². The molecular formula is C17H19NO3. The first kappa shape index (κ1) is 14.0. The second kappa shape index (κ2) is 6.19. The van der Waals surface area contributed by atoms with Gasteiger partial charge in [0.15, 0.2) is 17.3 Å². The lowest BCUT2D eigenvalue weighted by Gasteiger charge is -2.19. The van der Waals surface area contributed by atoms with Gasteiger partial charge in [-0.2, -0.15) is 0 Å². The molecule has 0 spiro atoms. The predicted molar refractivity (Wildman–Crippen MR) is 79.8 cm³/mol. The van der Waals surface area contributed by atoms with E-state index in [4.69, 9.17) is 15.9 Å². The maximum atomic E-state index is 12.3. The van der Waals surface area contributed by atoms with Crippen LogP contribution >= 0.6 is 0 Å². The summed E-state index contributed by atoms with van der Waals surface area (Å²) in [7, 11) is 0. The molecule has 21 heavy (non-hydrogen) atoms. The maximum absolute atomic E-state index is 12.3. The van der Waals surface area contributed by atoms with Gasteiger partial charge in [0.05, 0.1) is 0 Å². The van der Waals surface area contributed by atoms with Crippen LogP contribution in [0.15, 0.2) is 18.2 Å². The molecule has 0 radical (unpaired) electrons. The van der Waals surface area contributed by atoms with Crippen molar-refractivity contribution in [2.45, 2.75) is 12.8 Å². The van der Waals surface area contributed by atoms with Crippen LogP contribution in [-0.2, 0) is 0 Å². The molecule has 1 unspecified atom stereocenters. The third-order valence-electron chi connectivity index (χ3n) is 4.03. The zero-order valence-corrected chi connectivity index (χ0v) is 12.0. The number of rotatable bonds is 4. The lowest BCUT2D eigenvalue weighted by Crippen LogP contribution is -2.24. The Morgan fingerprint density at radius 2 is 2.14 bits per heavy atom.